The molecule has 8 nitrogen and oxygen atoms in total. The molecule has 1 aliphatic heterocycles. The fourth-order valence-electron chi connectivity index (χ4n) is 3.43. The molecule has 0 saturated heterocycles. The summed E-state index contributed by atoms with van der Waals surface area (Å²) in [5.74, 6) is -0.0453. The van der Waals surface area contributed by atoms with Crippen LogP contribution in [0.4, 0.5) is 10.1 Å². The average Bonchev–Trinajstić information content (AvgIpc) is 3.18. The zero-order chi connectivity index (χ0) is 25.1. The van der Waals surface area contributed by atoms with Crippen LogP contribution in [0.5, 0.6) is 11.5 Å². The lowest BCUT2D eigenvalue weighted by atomic mass is 10.1. The highest BCUT2D eigenvalue weighted by atomic mass is 127. The van der Waals surface area contributed by atoms with Crippen molar-refractivity contribution in [1.82, 2.24) is 0 Å². The van der Waals surface area contributed by atoms with Crippen molar-refractivity contribution >= 4 is 46.2 Å². The molecule has 3 aromatic carbocycles. The van der Waals surface area contributed by atoms with Crippen LogP contribution >= 0.6 is 22.6 Å². The van der Waals surface area contributed by atoms with Crippen LogP contribution in [-0.4, -0.2) is 23.9 Å². The molecular formula is C25H18FIN2O6. The van der Waals surface area contributed by atoms with Gasteiger partial charge in [0, 0.05) is 17.2 Å². The quantitative estimate of drug-likeness (QED) is 0.118. The van der Waals surface area contributed by atoms with Gasteiger partial charge in [0.15, 0.2) is 17.2 Å². The van der Waals surface area contributed by atoms with Gasteiger partial charge < -0.3 is 14.2 Å². The summed E-state index contributed by atoms with van der Waals surface area (Å²) in [6, 6.07) is 14.0. The van der Waals surface area contributed by atoms with E-state index < -0.39 is 10.9 Å². The van der Waals surface area contributed by atoms with Gasteiger partial charge in [0.1, 0.15) is 12.4 Å². The first-order valence-corrected chi connectivity index (χ1v) is 11.4. The van der Waals surface area contributed by atoms with Crippen molar-refractivity contribution in [2.45, 2.75) is 13.5 Å². The Kier molecular flexibility index (Phi) is 7.10. The van der Waals surface area contributed by atoms with Crippen LogP contribution in [0.2, 0.25) is 0 Å². The van der Waals surface area contributed by atoms with Crippen molar-refractivity contribution in [1.29, 1.82) is 0 Å². The molecule has 0 unspecified atom stereocenters. The molecule has 0 bridgehead atoms. The van der Waals surface area contributed by atoms with E-state index >= 15 is 0 Å². The van der Waals surface area contributed by atoms with Gasteiger partial charge in [0.05, 0.1) is 15.6 Å². The number of benzene rings is 3. The summed E-state index contributed by atoms with van der Waals surface area (Å²) < 4.78 is 30.5. The van der Waals surface area contributed by atoms with Gasteiger partial charge >= 0.3 is 5.97 Å². The van der Waals surface area contributed by atoms with E-state index in [-0.39, 0.29) is 29.7 Å². The van der Waals surface area contributed by atoms with Crippen molar-refractivity contribution in [2.24, 2.45) is 4.99 Å². The maximum absolute atomic E-state index is 13.1. The van der Waals surface area contributed by atoms with E-state index in [1.54, 1.807) is 37.3 Å². The molecule has 0 saturated carbocycles. The number of nitrogens with zero attached hydrogens (tertiary/aromatic N) is 2. The largest absolute Gasteiger partial charge is 0.493 e. The second-order valence-corrected chi connectivity index (χ2v) is 8.65. The van der Waals surface area contributed by atoms with Crippen LogP contribution in [0.1, 0.15) is 22.3 Å². The Bertz CT molecular complexity index is 1390. The first-order chi connectivity index (χ1) is 16.8. The Morgan fingerprint density at radius 1 is 1.20 bits per heavy atom. The smallest absolute Gasteiger partial charge is 0.363 e. The molecule has 0 radical (unpaired) electrons. The zero-order valence-electron chi connectivity index (χ0n) is 18.6. The van der Waals surface area contributed by atoms with Gasteiger partial charge in [0.2, 0.25) is 5.90 Å². The lowest BCUT2D eigenvalue weighted by Crippen LogP contribution is -2.08. The number of methoxy groups -OCH3 is 1. The third kappa shape index (κ3) is 5.32. The van der Waals surface area contributed by atoms with Gasteiger partial charge in [-0.2, -0.15) is 0 Å². The van der Waals surface area contributed by atoms with Gasteiger partial charge in [-0.1, -0.05) is 18.2 Å². The Morgan fingerprint density at radius 3 is 2.63 bits per heavy atom. The number of cyclic esters (lactones) is 1. The monoisotopic (exact) mass is 588 g/mol. The van der Waals surface area contributed by atoms with Crippen LogP contribution in [0.3, 0.4) is 0 Å². The number of esters is 1. The van der Waals surface area contributed by atoms with E-state index in [0.717, 1.165) is 9.13 Å². The van der Waals surface area contributed by atoms with Gasteiger partial charge in [-0.25, -0.2) is 14.2 Å². The van der Waals surface area contributed by atoms with Crippen molar-refractivity contribution in [3.63, 3.8) is 0 Å². The molecule has 0 atom stereocenters. The molecule has 1 aliphatic rings. The number of aliphatic imine (C=N–C) groups is 1. The Hall–Kier alpha value is -3.80. The highest BCUT2D eigenvalue weighted by molar-refractivity contribution is 14.1. The van der Waals surface area contributed by atoms with Crippen LogP contribution in [0.25, 0.3) is 6.08 Å². The molecule has 0 fully saturated rings. The summed E-state index contributed by atoms with van der Waals surface area (Å²) in [5.41, 5.74) is 2.09. The van der Waals surface area contributed by atoms with E-state index in [9.17, 15) is 19.3 Å². The summed E-state index contributed by atoms with van der Waals surface area (Å²) >= 11 is 2.09. The van der Waals surface area contributed by atoms with Gasteiger partial charge in [-0.05, 0) is 77.0 Å². The summed E-state index contributed by atoms with van der Waals surface area (Å²) in [5, 5.41) is 11.2. The molecule has 0 amide bonds. The number of carbonyl (C=O) groups excluding carboxylic acids is 1. The molecule has 4 rings (SSSR count). The highest BCUT2D eigenvalue weighted by Crippen LogP contribution is 2.36. The lowest BCUT2D eigenvalue weighted by molar-refractivity contribution is -0.385. The number of nitro groups is 1. The third-order valence-electron chi connectivity index (χ3n) is 5.20. The van der Waals surface area contributed by atoms with E-state index in [1.807, 2.05) is 0 Å². The highest BCUT2D eigenvalue weighted by Gasteiger charge is 2.27. The van der Waals surface area contributed by atoms with Crippen molar-refractivity contribution in [3.05, 3.63) is 102 Å². The molecule has 178 valence electrons. The van der Waals surface area contributed by atoms with Crippen molar-refractivity contribution in [3.8, 4) is 11.5 Å². The maximum atomic E-state index is 13.1. The summed E-state index contributed by atoms with van der Waals surface area (Å²) in [7, 11) is 1.50. The number of nitro benzene ring substituents is 1. The molecule has 10 heteroatoms. The normalized spacial score (nSPS) is 14.0. The number of rotatable bonds is 7. The molecule has 3 aromatic rings. The summed E-state index contributed by atoms with van der Waals surface area (Å²) in [6.45, 7) is 1.79. The van der Waals surface area contributed by atoms with E-state index in [2.05, 4.69) is 27.6 Å². The predicted molar refractivity (Wildman–Crippen MR) is 135 cm³/mol. The standard InChI is InChI=1S/C25H18FIN2O6/c1-14-18(4-3-5-21(14)29(31)32)24-28-20(25(30)35-24)11-16-10-19(27)23(22(12-16)33-2)34-13-15-6-8-17(26)9-7-15/h3-12H,13H2,1-2H3/b20-11-. The fraction of sp³-hybridized carbons (Fsp3) is 0.120. The van der Waals surface area contributed by atoms with E-state index in [0.29, 0.717) is 28.2 Å². The second kappa shape index (κ2) is 10.2. The average molecular weight is 588 g/mol. The Labute approximate surface area is 213 Å². The molecular weight excluding hydrogens is 570 g/mol. The topological polar surface area (TPSA) is 100 Å². The first kappa shape index (κ1) is 24.3. The summed E-state index contributed by atoms with van der Waals surface area (Å²) in [4.78, 5) is 27.5. The van der Waals surface area contributed by atoms with Gasteiger partial charge in [-0.3, -0.25) is 10.1 Å². The van der Waals surface area contributed by atoms with E-state index in [1.165, 1.54) is 37.5 Å². The second-order valence-electron chi connectivity index (χ2n) is 7.49. The molecule has 0 spiro atoms. The minimum atomic E-state index is -0.670. The van der Waals surface area contributed by atoms with Crippen LogP contribution in [-0.2, 0) is 16.1 Å². The van der Waals surface area contributed by atoms with Gasteiger partial charge in [0.25, 0.3) is 5.69 Å². The van der Waals surface area contributed by atoms with Crippen LogP contribution < -0.4 is 9.47 Å². The molecule has 35 heavy (non-hydrogen) atoms. The zero-order valence-corrected chi connectivity index (χ0v) is 20.7. The molecule has 0 aliphatic carbocycles. The van der Waals surface area contributed by atoms with Crippen molar-refractivity contribution < 1.29 is 28.3 Å². The Balaban J connectivity index is 1.61. The molecule has 0 N–H and O–H groups in total. The van der Waals surface area contributed by atoms with Crippen LogP contribution in [0, 0.1) is 26.4 Å². The van der Waals surface area contributed by atoms with E-state index in [4.69, 9.17) is 14.2 Å². The SMILES string of the molecule is COc1cc(/C=C2\N=C(c3cccc([N+](=O)[O-])c3C)OC2=O)cc(I)c1OCc1ccc(F)cc1. The van der Waals surface area contributed by atoms with Crippen molar-refractivity contribution in [2.75, 3.05) is 7.11 Å². The van der Waals surface area contributed by atoms with Gasteiger partial charge in [-0.15, -0.1) is 0 Å². The predicted octanol–water partition coefficient (Wildman–Crippen LogP) is 5.58. The minimum Gasteiger partial charge on any atom is -0.493 e. The number of hydrogen-bond donors (Lipinski definition) is 0. The number of halogens is 2. The number of carbonyl (C=O) groups is 1. The third-order valence-corrected chi connectivity index (χ3v) is 6.01. The Morgan fingerprint density at radius 2 is 1.94 bits per heavy atom. The van der Waals surface area contributed by atoms with Crippen LogP contribution in [0.15, 0.2) is 65.3 Å². The minimum absolute atomic E-state index is 0.00311. The number of ether oxygens (including phenoxy) is 3. The number of hydrogen-bond acceptors (Lipinski definition) is 7. The fourth-order valence-corrected chi connectivity index (χ4v) is 4.22. The maximum Gasteiger partial charge on any atom is 0.363 e. The molecule has 0 aromatic heterocycles. The first-order valence-electron chi connectivity index (χ1n) is 10.3. The summed E-state index contributed by atoms with van der Waals surface area (Å²) in [6.07, 6.45) is 1.54. The molecule has 1 heterocycles. The lowest BCUT2D eigenvalue weighted by Gasteiger charge is -2.14.